The molecule has 0 fully saturated rings. The summed E-state index contributed by atoms with van der Waals surface area (Å²) in [6, 6.07) is 19.1. The SMILES string of the molecule is CC(C)N(Cc1ccccc1)C(=O)Oc1ccccc1. The zero-order valence-corrected chi connectivity index (χ0v) is 11.8. The van der Waals surface area contributed by atoms with Gasteiger partial charge in [0.05, 0.1) is 0 Å². The third kappa shape index (κ3) is 3.85. The number of ether oxygens (including phenoxy) is 1. The molecule has 0 saturated heterocycles. The van der Waals surface area contributed by atoms with Crippen molar-refractivity contribution < 1.29 is 9.53 Å². The van der Waals surface area contributed by atoms with Gasteiger partial charge in [-0.3, -0.25) is 0 Å². The second-order valence-electron chi connectivity index (χ2n) is 4.89. The predicted molar refractivity (Wildman–Crippen MR) is 79.6 cm³/mol. The van der Waals surface area contributed by atoms with E-state index >= 15 is 0 Å². The summed E-state index contributed by atoms with van der Waals surface area (Å²) in [7, 11) is 0. The van der Waals surface area contributed by atoms with E-state index in [0.717, 1.165) is 5.56 Å². The molecule has 0 spiro atoms. The van der Waals surface area contributed by atoms with Crippen molar-refractivity contribution in [1.82, 2.24) is 4.90 Å². The van der Waals surface area contributed by atoms with Crippen molar-refractivity contribution in [2.45, 2.75) is 26.4 Å². The van der Waals surface area contributed by atoms with E-state index in [4.69, 9.17) is 4.74 Å². The molecule has 0 heterocycles. The van der Waals surface area contributed by atoms with Gasteiger partial charge in [-0.25, -0.2) is 4.79 Å². The topological polar surface area (TPSA) is 29.5 Å². The third-order valence-electron chi connectivity index (χ3n) is 3.00. The largest absolute Gasteiger partial charge is 0.415 e. The highest BCUT2D eigenvalue weighted by molar-refractivity contribution is 5.71. The summed E-state index contributed by atoms with van der Waals surface area (Å²) in [6.45, 7) is 4.51. The number of hydrogen-bond acceptors (Lipinski definition) is 2. The molecule has 3 nitrogen and oxygen atoms in total. The first-order valence-corrected chi connectivity index (χ1v) is 6.74. The zero-order chi connectivity index (χ0) is 14.4. The van der Waals surface area contributed by atoms with Gasteiger partial charge in [-0.1, -0.05) is 48.5 Å². The summed E-state index contributed by atoms with van der Waals surface area (Å²) in [4.78, 5) is 14.0. The summed E-state index contributed by atoms with van der Waals surface area (Å²) in [5, 5.41) is 0. The Morgan fingerprint density at radius 3 is 2.10 bits per heavy atom. The van der Waals surface area contributed by atoms with Gasteiger partial charge in [-0.15, -0.1) is 0 Å². The Kier molecular flexibility index (Phi) is 4.77. The van der Waals surface area contributed by atoms with Crippen LogP contribution in [0.15, 0.2) is 60.7 Å². The van der Waals surface area contributed by atoms with Gasteiger partial charge < -0.3 is 9.64 Å². The fourth-order valence-corrected chi connectivity index (χ4v) is 1.89. The number of amides is 1. The fourth-order valence-electron chi connectivity index (χ4n) is 1.89. The van der Waals surface area contributed by atoms with E-state index in [-0.39, 0.29) is 12.1 Å². The van der Waals surface area contributed by atoms with Crippen molar-refractivity contribution >= 4 is 6.09 Å². The minimum absolute atomic E-state index is 0.0754. The van der Waals surface area contributed by atoms with Crippen LogP contribution >= 0.6 is 0 Å². The first kappa shape index (κ1) is 14.1. The quantitative estimate of drug-likeness (QED) is 0.836. The standard InChI is InChI=1S/C17H19NO2/c1-14(2)18(13-15-9-5-3-6-10-15)17(19)20-16-11-7-4-8-12-16/h3-12,14H,13H2,1-2H3. The van der Waals surface area contributed by atoms with Crippen LogP contribution < -0.4 is 4.74 Å². The Bertz CT molecular complexity index is 537. The Balaban J connectivity index is 2.07. The lowest BCUT2D eigenvalue weighted by Gasteiger charge is -2.25. The van der Waals surface area contributed by atoms with Crippen LogP contribution in [0.4, 0.5) is 4.79 Å². The first-order valence-electron chi connectivity index (χ1n) is 6.74. The van der Waals surface area contributed by atoms with Crippen LogP contribution in [0.2, 0.25) is 0 Å². The van der Waals surface area contributed by atoms with Crippen LogP contribution in [0, 0.1) is 0 Å². The highest BCUT2D eigenvalue weighted by Gasteiger charge is 2.19. The average Bonchev–Trinajstić information content (AvgIpc) is 2.46. The molecular weight excluding hydrogens is 250 g/mol. The lowest BCUT2D eigenvalue weighted by Crippen LogP contribution is -2.38. The lowest BCUT2D eigenvalue weighted by atomic mass is 10.2. The van der Waals surface area contributed by atoms with E-state index in [2.05, 4.69) is 0 Å². The summed E-state index contributed by atoms with van der Waals surface area (Å²) in [5.74, 6) is 0.566. The molecule has 2 aromatic carbocycles. The van der Waals surface area contributed by atoms with Crippen LogP contribution in [-0.2, 0) is 6.54 Å². The molecule has 3 heteroatoms. The van der Waals surface area contributed by atoms with Gasteiger partial charge in [-0.2, -0.15) is 0 Å². The normalized spacial score (nSPS) is 10.3. The maximum Gasteiger partial charge on any atom is 0.415 e. The van der Waals surface area contributed by atoms with Crippen molar-refractivity contribution in [3.8, 4) is 5.75 Å². The molecule has 0 unspecified atom stereocenters. The average molecular weight is 269 g/mol. The monoisotopic (exact) mass is 269 g/mol. The molecule has 1 amide bonds. The Morgan fingerprint density at radius 1 is 1.00 bits per heavy atom. The maximum absolute atomic E-state index is 12.3. The number of carbonyl (C=O) groups is 1. The highest BCUT2D eigenvalue weighted by atomic mass is 16.6. The van der Waals surface area contributed by atoms with Crippen LogP contribution in [0.25, 0.3) is 0 Å². The molecular formula is C17H19NO2. The highest BCUT2D eigenvalue weighted by Crippen LogP contribution is 2.14. The molecule has 0 aromatic heterocycles. The number of nitrogens with zero attached hydrogens (tertiary/aromatic N) is 1. The van der Waals surface area contributed by atoms with Crippen molar-refractivity contribution in [2.24, 2.45) is 0 Å². The van der Waals surface area contributed by atoms with Gasteiger partial charge in [0.1, 0.15) is 5.75 Å². The molecule has 0 radical (unpaired) electrons. The number of benzene rings is 2. The molecule has 0 N–H and O–H groups in total. The Morgan fingerprint density at radius 2 is 1.55 bits per heavy atom. The minimum atomic E-state index is -0.324. The second kappa shape index (κ2) is 6.75. The molecule has 2 rings (SSSR count). The maximum atomic E-state index is 12.3. The van der Waals surface area contributed by atoms with E-state index in [1.165, 1.54) is 0 Å². The van der Waals surface area contributed by atoms with Gasteiger partial charge in [0.25, 0.3) is 0 Å². The van der Waals surface area contributed by atoms with Crippen molar-refractivity contribution in [2.75, 3.05) is 0 Å². The molecule has 104 valence electrons. The molecule has 0 aliphatic heterocycles. The summed E-state index contributed by atoms with van der Waals surface area (Å²) < 4.78 is 5.40. The second-order valence-corrected chi connectivity index (χ2v) is 4.89. The Labute approximate surface area is 119 Å². The van der Waals surface area contributed by atoms with Gasteiger partial charge in [0, 0.05) is 12.6 Å². The van der Waals surface area contributed by atoms with E-state index in [1.807, 2.05) is 62.4 Å². The third-order valence-corrected chi connectivity index (χ3v) is 3.00. The molecule has 0 atom stereocenters. The molecule has 0 bridgehead atoms. The summed E-state index contributed by atoms with van der Waals surface area (Å²) in [5.41, 5.74) is 1.09. The zero-order valence-electron chi connectivity index (χ0n) is 11.8. The van der Waals surface area contributed by atoms with Gasteiger partial charge in [0.15, 0.2) is 0 Å². The summed E-state index contributed by atoms with van der Waals surface area (Å²) in [6.07, 6.45) is -0.324. The van der Waals surface area contributed by atoms with Crippen LogP contribution in [0.5, 0.6) is 5.75 Å². The van der Waals surface area contributed by atoms with Crippen molar-refractivity contribution in [3.05, 3.63) is 66.2 Å². The van der Waals surface area contributed by atoms with E-state index < -0.39 is 0 Å². The minimum Gasteiger partial charge on any atom is -0.410 e. The molecule has 0 saturated carbocycles. The van der Waals surface area contributed by atoms with E-state index in [0.29, 0.717) is 12.3 Å². The van der Waals surface area contributed by atoms with E-state index in [9.17, 15) is 4.79 Å². The molecule has 0 aliphatic carbocycles. The molecule has 0 aliphatic rings. The molecule has 2 aromatic rings. The van der Waals surface area contributed by atoms with Crippen molar-refractivity contribution in [3.63, 3.8) is 0 Å². The van der Waals surface area contributed by atoms with Crippen LogP contribution in [-0.4, -0.2) is 17.0 Å². The van der Waals surface area contributed by atoms with Gasteiger partial charge >= 0.3 is 6.09 Å². The van der Waals surface area contributed by atoms with Crippen LogP contribution in [0.1, 0.15) is 19.4 Å². The first-order chi connectivity index (χ1) is 9.66. The summed E-state index contributed by atoms with van der Waals surface area (Å²) >= 11 is 0. The van der Waals surface area contributed by atoms with Gasteiger partial charge in [-0.05, 0) is 31.5 Å². The van der Waals surface area contributed by atoms with Crippen LogP contribution in [0.3, 0.4) is 0 Å². The predicted octanol–water partition coefficient (Wildman–Crippen LogP) is 4.10. The Hall–Kier alpha value is -2.29. The van der Waals surface area contributed by atoms with Gasteiger partial charge in [0.2, 0.25) is 0 Å². The number of carbonyl (C=O) groups excluding carboxylic acids is 1. The van der Waals surface area contributed by atoms with Crippen molar-refractivity contribution in [1.29, 1.82) is 0 Å². The lowest BCUT2D eigenvalue weighted by molar-refractivity contribution is 0.135. The number of rotatable bonds is 4. The van der Waals surface area contributed by atoms with E-state index in [1.54, 1.807) is 17.0 Å². The molecule has 20 heavy (non-hydrogen) atoms. The fraction of sp³-hybridized carbons (Fsp3) is 0.235. The number of hydrogen-bond donors (Lipinski definition) is 0. The number of para-hydroxylation sites is 1. The smallest absolute Gasteiger partial charge is 0.410 e.